The minimum atomic E-state index is -0.117. The van der Waals surface area contributed by atoms with Crippen molar-refractivity contribution in [1.82, 2.24) is 10.3 Å². The number of hydrogen-bond donors (Lipinski definition) is 1. The average molecular weight is 352 g/mol. The summed E-state index contributed by atoms with van der Waals surface area (Å²) in [5, 5.41) is 6.25. The highest BCUT2D eigenvalue weighted by atomic mass is 32.1. The summed E-state index contributed by atoms with van der Waals surface area (Å²) >= 11 is 1.76. The first-order valence-electron chi connectivity index (χ1n) is 8.53. The van der Waals surface area contributed by atoms with E-state index in [1.807, 2.05) is 30.3 Å². The lowest BCUT2D eigenvalue weighted by molar-refractivity contribution is 0.0498. The second-order valence-electron chi connectivity index (χ2n) is 6.44. The maximum atomic E-state index is 12.6. The number of rotatable bonds is 4. The number of pyridine rings is 1. The number of carbonyl (C=O) groups is 1. The Morgan fingerprint density at radius 1 is 1.12 bits per heavy atom. The Kier molecular flexibility index (Phi) is 4.51. The van der Waals surface area contributed by atoms with Crippen LogP contribution in [0.4, 0.5) is 0 Å². The van der Waals surface area contributed by atoms with E-state index < -0.39 is 0 Å². The molecule has 0 bridgehead atoms. The Hall–Kier alpha value is -2.24. The average Bonchev–Trinajstić information content (AvgIpc) is 3.22. The molecule has 0 aliphatic carbocycles. The number of hydrogen-bond acceptors (Lipinski definition) is 4. The highest BCUT2D eigenvalue weighted by Crippen LogP contribution is 2.37. The molecule has 1 aromatic carbocycles. The molecule has 2 aromatic heterocycles. The van der Waals surface area contributed by atoms with Crippen LogP contribution in [0, 0.1) is 0 Å². The fraction of sp³-hybridized carbons (Fsp3) is 0.300. The van der Waals surface area contributed by atoms with Crippen LogP contribution in [0.2, 0.25) is 0 Å². The topological polar surface area (TPSA) is 51.2 Å². The van der Waals surface area contributed by atoms with E-state index in [0.717, 1.165) is 37.0 Å². The summed E-state index contributed by atoms with van der Waals surface area (Å²) in [5.74, 6) is -0.117. The molecule has 1 fully saturated rings. The van der Waals surface area contributed by atoms with Gasteiger partial charge in [-0.25, -0.2) is 4.98 Å². The number of amides is 1. The predicted molar refractivity (Wildman–Crippen MR) is 100 cm³/mol. The minimum Gasteiger partial charge on any atom is -0.381 e. The number of nitrogens with one attached hydrogen (secondary N) is 1. The maximum absolute atomic E-state index is 12.6. The lowest BCUT2D eigenvalue weighted by Gasteiger charge is -2.36. The second kappa shape index (κ2) is 6.94. The van der Waals surface area contributed by atoms with Crippen molar-refractivity contribution in [2.24, 2.45) is 0 Å². The van der Waals surface area contributed by atoms with Gasteiger partial charge in [0.1, 0.15) is 5.69 Å². The lowest BCUT2D eigenvalue weighted by atomic mass is 9.78. The van der Waals surface area contributed by atoms with E-state index >= 15 is 0 Å². The molecule has 0 saturated carbocycles. The third-order valence-electron chi connectivity index (χ3n) is 4.91. The number of carbonyl (C=O) groups excluding carboxylic acids is 1. The van der Waals surface area contributed by atoms with E-state index in [2.05, 4.69) is 27.8 Å². The summed E-state index contributed by atoms with van der Waals surface area (Å²) in [6.07, 6.45) is 1.86. The summed E-state index contributed by atoms with van der Waals surface area (Å²) in [7, 11) is 0. The Morgan fingerprint density at radius 2 is 1.96 bits per heavy atom. The maximum Gasteiger partial charge on any atom is 0.269 e. The van der Waals surface area contributed by atoms with Gasteiger partial charge in [-0.15, -0.1) is 11.3 Å². The van der Waals surface area contributed by atoms with Crippen molar-refractivity contribution >= 4 is 28.1 Å². The zero-order valence-electron chi connectivity index (χ0n) is 13.9. The van der Waals surface area contributed by atoms with Gasteiger partial charge in [0.15, 0.2) is 0 Å². The van der Waals surface area contributed by atoms with Crippen LogP contribution >= 0.6 is 11.3 Å². The smallest absolute Gasteiger partial charge is 0.269 e. The highest BCUT2D eigenvalue weighted by molar-refractivity contribution is 7.10. The molecule has 4 nitrogen and oxygen atoms in total. The monoisotopic (exact) mass is 352 g/mol. The molecule has 1 aliphatic rings. The molecule has 25 heavy (non-hydrogen) atoms. The first-order chi connectivity index (χ1) is 12.3. The van der Waals surface area contributed by atoms with Crippen molar-refractivity contribution in [3.63, 3.8) is 0 Å². The van der Waals surface area contributed by atoms with Gasteiger partial charge in [0.2, 0.25) is 0 Å². The molecule has 3 heterocycles. The molecule has 0 atom stereocenters. The van der Waals surface area contributed by atoms with Gasteiger partial charge in [0.25, 0.3) is 5.91 Å². The molecule has 0 radical (unpaired) electrons. The van der Waals surface area contributed by atoms with Gasteiger partial charge < -0.3 is 10.1 Å². The van der Waals surface area contributed by atoms with Crippen LogP contribution in [0.25, 0.3) is 10.9 Å². The van der Waals surface area contributed by atoms with Crippen molar-refractivity contribution in [3.05, 3.63) is 64.5 Å². The molecule has 1 N–H and O–H groups in total. The van der Waals surface area contributed by atoms with Crippen molar-refractivity contribution < 1.29 is 9.53 Å². The molecule has 1 aliphatic heterocycles. The number of para-hydroxylation sites is 1. The number of aromatic nitrogens is 1. The molecule has 1 saturated heterocycles. The fourth-order valence-electron chi connectivity index (χ4n) is 3.39. The van der Waals surface area contributed by atoms with Crippen LogP contribution in [-0.2, 0) is 10.2 Å². The van der Waals surface area contributed by atoms with Crippen molar-refractivity contribution in [2.45, 2.75) is 18.3 Å². The van der Waals surface area contributed by atoms with E-state index in [0.29, 0.717) is 12.2 Å². The van der Waals surface area contributed by atoms with Gasteiger partial charge in [0, 0.05) is 35.4 Å². The second-order valence-corrected chi connectivity index (χ2v) is 7.39. The molecule has 0 unspecified atom stereocenters. The Bertz CT molecular complexity index is 870. The quantitative estimate of drug-likeness (QED) is 0.777. The van der Waals surface area contributed by atoms with Crippen LogP contribution in [0.1, 0.15) is 28.2 Å². The van der Waals surface area contributed by atoms with Crippen LogP contribution in [0.15, 0.2) is 53.9 Å². The highest BCUT2D eigenvalue weighted by Gasteiger charge is 2.35. The van der Waals surface area contributed by atoms with Gasteiger partial charge in [-0.05, 0) is 36.4 Å². The van der Waals surface area contributed by atoms with Gasteiger partial charge in [-0.2, -0.15) is 0 Å². The minimum absolute atomic E-state index is 0.0288. The third kappa shape index (κ3) is 3.30. The van der Waals surface area contributed by atoms with Crippen LogP contribution in [-0.4, -0.2) is 30.6 Å². The van der Waals surface area contributed by atoms with Crippen LogP contribution in [0.5, 0.6) is 0 Å². The number of ether oxygens (including phenoxy) is 1. The molecular formula is C20H20N2O2S. The van der Waals surface area contributed by atoms with E-state index in [1.165, 1.54) is 4.88 Å². The van der Waals surface area contributed by atoms with Gasteiger partial charge >= 0.3 is 0 Å². The molecule has 128 valence electrons. The van der Waals surface area contributed by atoms with Gasteiger partial charge in [-0.1, -0.05) is 30.3 Å². The molecule has 1 amide bonds. The molecule has 3 aromatic rings. The zero-order chi connectivity index (χ0) is 17.1. The Balaban J connectivity index is 1.53. The Labute approximate surface area is 150 Å². The number of thiophene rings is 1. The summed E-state index contributed by atoms with van der Waals surface area (Å²) in [6.45, 7) is 2.09. The molecular weight excluding hydrogens is 332 g/mol. The van der Waals surface area contributed by atoms with Crippen LogP contribution < -0.4 is 5.32 Å². The van der Waals surface area contributed by atoms with Gasteiger partial charge in [-0.3, -0.25) is 4.79 Å². The summed E-state index contributed by atoms with van der Waals surface area (Å²) in [5.41, 5.74) is 1.28. The zero-order valence-corrected chi connectivity index (χ0v) is 14.7. The summed E-state index contributed by atoms with van der Waals surface area (Å²) in [6, 6.07) is 15.8. The van der Waals surface area contributed by atoms with Crippen LogP contribution in [0.3, 0.4) is 0 Å². The molecule has 4 rings (SSSR count). The first kappa shape index (κ1) is 16.2. The van der Waals surface area contributed by atoms with Crippen molar-refractivity contribution in [2.75, 3.05) is 19.8 Å². The van der Waals surface area contributed by atoms with Gasteiger partial charge in [0.05, 0.1) is 5.52 Å². The summed E-state index contributed by atoms with van der Waals surface area (Å²) < 4.78 is 5.54. The number of nitrogens with zero attached hydrogens (tertiary/aromatic N) is 1. The standard InChI is InChI=1S/C20H20N2O2S/c23-19(17-8-7-15-4-1-2-5-16(15)22-17)21-14-20(9-11-24-12-10-20)18-6-3-13-25-18/h1-8,13H,9-12,14H2,(H,21,23). The molecule has 5 heteroatoms. The third-order valence-corrected chi connectivity index (χ3v) is 6.03. The number of fused-ring (bicyclic) bond motifs is 1. The van der Waals surface area contributed by atoms with E-state index in [9.17, 15) is 4.79 Å². The Morgan fingerprint density at radius 3 is 2.76 bits per heavy atom. The fourth-order valence-corrected chi connectivity index (χ4v) is 4.37. The van der Waals surface area contributed by atoms with E-state index in [4.69, 9.17) is 4.74 Å². The summed E-state index contributed by atoms with van der Waals surface area (Å²) in [4.78, 5) is 18.5. The predicted octanol–water partition coefficient (Wildman–Crippen LogP) is 3.77. The normalized spacial score (nSPS) is 16.6. The van der Waals surface area contributed by atoms with Crippen molar-refractivity contribution in [1.29, 1.82) is 0 Å². The number of benzene rings is 1. The first-order valence-corrected chi connectivity index (χ1v) is 9.41. The van der Waals surface area contributed by atoms with E-state index in [1.54, 1.807) is 17.4 Å². The van der Waals surface area contributed by atoms with Crippen molar-refractivity contribution in [3.8, 4) is 0 Å². The SMILES string of the molecule is O=C(NCC1(c2cccs2)CCOCC1)c1ccc2ccccc2n1. The lowest BCUT2D eigenvalue weighted by Crippen LogP contribution is -2.44. The molecule has 0 spiro atoms. The van der Waals surface area contributed by atoms with E-state index in [-0.39, 0.29) is 11.3 Å². The largest absolute Gasteiger partial charge is 0.381 e.